The van der Waals surface area contributed by atoms with Gasteiger partial charge in [-0.15, -0.1) is 0 Å². The number of anilines is 1. The van der Waals surface area contributed by atoms with Crippen LogP contribution >= 0.6 is 19.4 Å². The van der Waals surface area contributed by atoms with Crippen molar-refractivity contribution in [1.29, 1.82) is 0 Å². The van der Waals surface area contributed by atoms with Crippen LogP contribution in [0.5, 0.6) is 0 Å². The van der Waals surface area contributed by atoms with Gasteiger partial charge in [0.2, 0.25) is 0 Å². The van der Waals surface area contributed by atoms with Gasteiger partial charge in [-0.3, -0.25) is 9.84 Å². The molecular weight excluding hydrogens is 586 g/mol. The number of aromatic nitrogens is 1. The van der Waals surface area contributed by atoms with Crippen LogP contribution in [-0.4, -0.2) is 82.5 Å². The highest BCUT2D eigenvalue weighted by molar-refractivity contribution is 7.46. The van der Waals surface area contributed by atoms with Crippen LogP contribution in [0.15, 0.2) is 54.7 Å². The summed E-state index contributed by atoms with van der Waals surface area (Å²) in [5.41, 5.74) is 0.341. The highest BCUT2D eigenvalue weighted by atomic mass is 35.5. The maximum Gasteiger partial charge on any atom is 0.469 e. The maximum absolute atomic E-state index is 13.7. The Hall–Kier alpha value is -3.36. The fourth-order valence-electron chi connectivity index (χ4n) is 3.45. The molecule has 0 aliphatic carbocycles. The number of aliphatic hydroxyl groups excluding tert-OH is 1. The van der Waals surface area contributed by atoms with Gasteiger partial charge in [-0.25, -0.2) is 23.5 Å². The van der Waals surface area contributed by atoms with Crippen molar-refractivity contribution in [3.8, 4) is 0 Å². The number of carbonyl (C=O) groups excluding carboxylic acids is 2. The van der Waals surface area contributed by atoms with Crippen LogP contribution in [0.4, 0.5) is 19.8 Å². The van der Waals surface area contributed by atoms with Crippen molar-refractivity contribution in [2.45, 2.75) is 18.7 Å². The number of phosphoric acid groups is 1. The van der Waals surface area contributed by atoms with E-state index in [0.29, 0.717) is 5.56 Å². The van der Waals surface area contributed by atoms with Crippen molar-refractivity contribution < 1.29 is 47.4 Å². The summed E-state index contributed by atoms with van der Waals surface area (Å²) in [5, 5.41) is 16.5. The molecule has 2 unspecified atom stereocenters. The Balaban J connectivity index is 1.60. The van der Waals surface area contributed by atoms with Crippen LogP contribution < -0.4 is 10.6 Å². The third kappa shape index (κ3) is 10.5. The standard InChI is InChI=1S/C25H29ClFN4O9P/c1-31(24(33)29-11-18-7-4-8-21(27)23(18)26)19(12-38-14-20(32)15-40-41(35,36)37)13-39-25(34)30-22-9-16-5-2-3-6-17(16)10-28-22/h2-10,19-20,32H,11-15H2,1H3,(H,29,33)(H,28,30,34)(H2,35,36,37). The highest BCUT2D eigenvalue weighted by Crippen LogP contribution is 2.35. The Morgan fingerprint density at radius 2 is 1.83 bits per heavy atom. The topological polar surface area (TPSA) is 180 Å². The molecule has 0 saturated carbocycles. The molecule has 1 aromatic heterocycles. The van der Waals surface area contributed by atoms with E-state index in [-0.39, 0.29) is 30.6 Å². The largest absolute Gasteiger partial charge is 0.469 e. The summed E-state index contributed by atoms with van der Waals surface area (Å²) >= 11 is 5.94. The first kappa shape index (κ1) is 32.2. The predicted molar refractivity (Wildman–Crippen MR) is 147 cm³/mol. The van der Waals surface area contributed by atoms with Gasteiger partial charge in [0.1, 0.15) is 24.3 Å². The van der Waals surface area contributed by atoms with Crippen LogP contribution in [0.1, 0.15) is 5.56 Å². The number of benzene rings is 2. The molecule has 41 heavy (non-hydrogen) atoms. The number of ether oxygens (including phenoxy) is 2. The molecule has 3 rings (SSSR count). The minimum absolute atomic E-state index is 0.0965. The molecule has 0 radical (unpaired) electrons. The number of phosphoric ester groups is 1. The van der Waals surface area contributed by atoms with Gasteiger partial charge in [-0.1, -0.05) is 48.0 Å². The normalized spacial score (nSPS) is 12.9. The summed E-state index contributed by atoms with van der Waals surface area (Å²) in [5.74, 6) is -0.396. The van der Waals surface area contributed by atoms with Crippen molar-refractivity contribution in [3.05, 3.63) is 71.1 Å². The van der Waals surface area contributed by atoms with E-state index in [2.05, 4.69) is 20.1 Å². The summed E-state index contributed by atoms with van der Waals surface area (Å²) < 4.78 is 39.4. The molecule has 5 N–H and O–H groups in total. The van der Waals surface area contributed by atoms with E-state index >= 15 is 0 Å². The lowest BCUT2D eigenvalue weighted by Crippen LogP contribution is -2.48. The zero-order valence-corrected chi connectivity index (χ0v) is 23.4. The van der Waals surface area contributed by atoms with Crippen LogP contribution in [0.3, 0.4) is 0 Å². The third-order valence-corrected chi connectivity index (χ3v) is 6.56. The average molecular weight is 615 g/mol. The van der Waals surface area contributed by atoms with Gasteiger partial charge in [0, 0.05) is 25.2 Å². The van der Waals surface area contributed by atoms with E-state index in [1.807, 2.05) is 24.3 Å². The number of likely N-dealkylation sites (N-methyl/N-ethyl adjacent to an activating group) is 1. The fraction of sp³-hybridized carbons (Fsp3) is 0.320. The van der Waals surface area contributed by atoms with E-state index in [1.54, 1.807) is 18.3 Å². The molecule has 0 bridgehead atoms. The number of carbonyl (C=O) groups is 2. The first-order valence-corrected chi connectivity index (χ1v) is 14.0. The zero-order chi connectivity index (χ0) is 30.0. The Bertz CT molecular complexity index is 1400. The Labute approximate surface area is 239 Å². The number of pyridine rings is 1. The quantitative estimate of drug-likeness (QED) is 0.179. The van der Waals surface area contributed by atoms with Crippen molar-refractivity contribution in [1.82, 2.24) is 15.2 Å². The number of fused-ring (bicyclic) bond motifs is 1. The fourth-order valence-corrected chi connectivity index (χ4v) is 4.01. The van der Waals surface area contributed by atoms with Crippen molar-refractivity contribution in [2.24, 2.45) is 0 Å². The maximum atomic E-state index is 13.7. The van der Waals surface area contributed by atoms with Gasteiger partial charge in [0.25, 0.3) is 0 Å². The van der Waals surface area contributed by atoms with Gasteiger partial charge >= 0.3 is 19.9 Å². The SMILES string of the molecule is CN(C(=O)NCc1cccc(F)c1Cl)C(COCC(O)COP(=O)(O)O)COC(=O)Nc1cc2ccccc2cn1. The number of nitrogens with one attached hydrogen (secondary N) is 2. The first-order chi connectivity index (χ1) is 19.4. The number of amides is 3. The smallest absolute Gasteiger partial charge is 0.447 e. The predicted octanol–water partition coefficient (Wildman–Crippen LogP) is 3.27. The number of rotatable bonds is 13. The molecule has 0 fully saturated rings. The van der Waals surface area contributed by atoms with Crippen LogP contribution in [0.25, 0.3) is 10.8 Å². The van der Waals surface area contributed by atoms with E-state index in [9.17, 15) is 23.7 Å². The van der Waals surface area contributed by atoms with E-state index in [4.69, 9.17) is 30.9 Å². The molecular formula is C25H29ClFN4O9P. The zero-order valence-electron chi connectivity index (χ0n) is 21.8. The lowest BCUT2D eigenvalue weighted by atomic mass is 10.2. The molecule has 2 atom stereocenters. The highest BCUT2D eigenvalue weighted by Gasteiger charge is 2.24. The summed E-state index contributed by atoms with van der Waals surface area (Å²) in [6, 6.07) is 11.7. The summed E-state index contributed by atoms with van der Waals surface area (Å²) in [4.78, 5) is 48.1. The van der Waals surface area contributed by atoms with Crippen LogP contribution in [0.2, 0.25) is 5.02 Å². The monoisotopic (exact) mass is 614 g/mol. The van der Waals surface area contributed by atoms with Crippen molar-refractivity contribution in [3.63, 3.8) is 0 Å². The lowest BCUT2D eigenvalue weighted by Gasteiger charge is -2.28. The molecule has 16 heteroatoms. The number of halogens is 2. The second-order valence-corrected chi connectivity index (χ2v) is 10.4. The van der Waals surface area contributed by atoms with Gasteiger partial charge in [0.15, 0.2) is 0 Å². The Kier molecular flexibility index (Phi) is 11.8. The van der Waals surface area contributed by atoms with E-state index in [0.717, 1.165) is 10.8 Å². The van der Waals surface area contributed by atoms with E-state index < -0.39 is 51.1 Å². The molecule has 0 aliphatic rings. The first-order valence-electron chi connectivity index (χ1n) is 12.1. The minimum Gasteiger partial charge on any atom is -0.447 e. The molecule has 0 spiro atoms. The second-order valence-electron chi connectivity index (χ2n) is 8.75. The molecule has 0 saturated heterocycles. The molecule has 222 valence electrons. The van der Waals surface area contributed by atoms with Gasteiger partial charge < -0.3 is 34.6 Å². The average Bonchev–Trinajstić information content (AvgIpc) is 2.93. The van der Waals surface area contributed by atoms with Gasteiger partial charge in [-0.2, -0.15) is 0 Å². The number of aliphatic hydroxyl groups is 1. The molecule has 2 aromatic carbocycles. The summed E-state index contributed by atoms with van der Waals surface area (Å²) in [7, 11) is -3.38. The number of nitrogens with zero attached hydrogens (tertiary/aromatic N) is 2. The molecule has 13 nitrogen and oxygen atoms in total. The number of hydrogen-bond acceptors (Lipinski definition) is 8. The number of hydrogen-bond donors (Lipinski definition) is 5. The third-order valence-electron chi connectivity index (χ3n) is 5.65. The Morgan fingerprint density at radius 1 is 1.10 bits per heavy atom. The van der Waals surface area contributed by atoms with Crippen LogP contribution in [-0.2, 0) is 25.1 Å². The van der Waals surface area contributed by atoms with E-state index in [1.165, 1.54) is 24.1 Å². The molecule has 3 aromatic rings. The number of urea groups is 1. The van der Waals surface area contributed by atoms with Crippen LogP contribution in [0, 0.1) is 5.82 Å². The molecule has 0 aliphatic heterocycles. The lowest BCUT2D eigenvalue weighted by molar-refractivity contribution is -0.0153. The summed E-state index contributed by atoms with van der Waals surface area (Å²) in [6.45, 7) is -1.80. The van der Waals surface area contributed by atoms with Gasteiger partial charge in [-0.05, 0) is 23.1 Å². The van der Waals surface area contributed by atoms with Crippen molar-refractivity contribution >= 4 is 48.1 Å². The molecule has 3 amide bonds. The summed E-state index contributed by atoms with van der Waals surface area (Å²) in [6.07, 6.45) is -0.652. The molecule has 1 heterocycles. The Morgan fingerprint density at radius 3 is 2.56 bits per heavy atom. The van der Waals surface area contributed by atoms with Crippen molar-refractivity contribution in [2.75, 3.05) is 38.8 Å². The second kappa shape index (κ2) is 15.0. The van der Waals surface area contributed by atoms with Gasteiger partial charge in [0.05, 0.1) is 30.9 Å². The minimum atomic E-state index is -4.78.